The molecule has 0 radical (unpaired) electrons. The monoisotopic (exact) mass is 392 g/mol. The highest BCUT2D eigenvalue weighted by atomic mass is 127. The average molecular weight is 392 g/mol. The molecule has 110 valence electrons. The molecular weight excluding hydrogens is 374 g/mol. The van der Waals surface area contributed by atoms with Crippen LogP contribution < -0.4 is 5.32 Å². The first-order chi connectivity index (χ1) is 9.47. The van der Waals surface area contributed by atoms with E-state index in [1.54, 1.807) is 22.6 Å². The topological polar surface area (TPSA) is 55.2 Å². The molecule has 1 N–H and O–H groups in total. The Labute approximate surface area is 131 Å². The van der Waals surface area contributed by atoms with Crippen LogP contribution in [-0.4, -0.2) is 11.5 Å². The third kappa shape index (κ3) is 3.21. The molecule has 4 nitrogen and oxygen atoms in total. The van der Waals surface area contributed by atoms with E-state index in [2.05, 4.69) is 12.2 Å². The number of nitrogens with zero attached hydrogens (tertiary/aromatic N) is 1. The molecule has 1 aliphatic carbocycles. The number of benzene rings is 1. The lowest BCUT2D eigenvalue weighted by Crippen LogP contribution is -2.26. The average Bonchev–Trinajstić information content (AvgIpc) is 2.89. The zero-order valence-electron chi connectivity index (χ0n) is 11.4. The van der Waals surface area contributed by atoms with Gasteiger partial charge in [-0.25, -0.2) is 4.39 Å². The maximum Gasteiger partial charge on any atom is 0.293 e. The molecule has 0 aromatic heterocycles. The molecule has 0 unspecified atom stereocenters. The Bertz CT molecular complexity index is 516. The summed E-state index contributed by atoms with van der Waals surface area (Å²) in [5.41, 5.74) is 0.431. The van der Waals surface area contributed by atoms with Crippen molar-refractivity contribution >= 4 is 34.0 Å². The molecule has 0 spiro atoms. The van der Waals surface area contributed by atoms with Crippen molar-refractivity contribution in [3.8, 4) is 0 Å². The van der Waals surface area contributed by atoms with E-state index in [0.717, 1.165) is 19.3 Å². The van der Waals surface area contributed by atoms with Gasteiger partial charge in [-0.1, -0.05) is 19.8 Å². The van der Waals surface area contributed by atoms with Crippen LogP contribution in [0, 0.1) is 24.9 Å². The number of nitro benzene ring substituents is 1. The van der Waals surface area contributed by atoms with Crippen molar-refractivity contribution < 1.29 is 9.31 Å². The van der Waals surface area contributed by atoms with E-state index >= 15 is 0 Å². The minimum absolute atomic E-state index is 0.0555. The Balaban J connectivity index is 2.20. The molecular formula is C14H18FIN2O2. The van der Waals surface area contributed by atoms with Gasteiger partial charge in [-0.2, -0.15) is 0 Å². The third-order valence-electron chi connectivity index (χ3n) is 4.30. The lowest BCUT2D eigenvalue weighted by atomic mass is 9.83. The van der Waals surface area contributed by atoms with Gasteiger partial charge in [-0.05, 0) is 47.3 Å². The van der Waals surface area contributed by atoms with Crippen LogP contribution in [0.15, 0.2) is 12.1 Å². The fraction of sp³-hybridized carbons (Fsp3) is 0.571. The smallest absolute Gasteiger partial charge is 0.293 e. The van der Waals surface area contributed by atoms with Crippen molar-refractivity contribution in [1.82, 2.24) is 0 Å². The highest BCUT2D eigenvalue weighted by Gasteiger charge is 2.32. The summed E-state index contributed by atoms with van der Waals surface area (Å²) < 4.78 is 13.9. The molecule has 0 atom stereocenters. The Morgan fingerprint density at radius 1 is 1.45 bits per heavy atom. The summed E-state index contributed by atoms with van der Waals surface area (Å²) in [6.45, 7) is 2.82. The second-order valence-electron chi connectivity index (χ2n) is 5.45. The molecule has 0 bridgehead atoms. The lowest BCUT2D eigenvalue weighted by molar-refractivity contribution is -0.384. The fourth-order valence-corrected chi connectivity index (χ4v) is 3.34. The number of nitrogens with one attached hydrogen (secondary N) is 1. The normalized spacial score (nSPS) is 17.1. The van der Waals surface area contributed by atoms with Gasteiger partial charge in [0, 0.05) is 18.7 Å². The minimum atomic E-state index is -0.461. The lowest BCUT2D eigenvalue weighted by Gasteiger charge is -2.28. The fourth-order valence-electron chi connectivity index (χ4n) is 2.89. The van der Waals surface area contributed by atoms with Crippen LogP contribution in [0.5, 0.6) is 0 Å². The van der Waals surface area contributed by atoms with Gasteiger partial charge in [-0.3, -0.25) is 10.1 Å². The van der Waals surface area contributed by atoms with Crippen LogP contribution in [0.4, 0.5) is 15.8 Å². The van der Waals surface area contributed by atoms with Crippen LogP contribution in [0.3, 0.4) is 0 Å². The molecule has 1 aromatic carbocycles. The SMILES string of the molecule is CCC1(CNc2cc(F)c(I)cc2[N+](=O)[O-])CCCC1. The second kappa shape index (κ2) is 6.24. The largest absolute Gasteiger partial charge is 0.379 e. The van der Waals surface area contributed by atoms with Crippen molar-refractivity contribution in [2.75, 3.05) is 11.9 Å². The van der Waals surface area contributed by atoms with E-state index in [-0.39, 0.29) is 20.4 Å². The van der Waals surface area contributed by atoms with Gasteiger partial charge in [0.1, 0.15) is 11.5 Å². The highest BCUT2D eigenvalue weighted by molar-refractivity contribution is 14.1. The van der Waals surface area contributed by atoms with Crippen molar-refractivity contribution in [3.05, 3.63) is 31.6 Å². The number of hydrogen-bond acceptors (Lipinski definition) is 3. The zero-order chi connectivity index (χ0) is 14.8. The second-order valence-corrected chi connectivity index (χ2v) is 6.62. The summed E-state index contributed by atoms with van der Waals surface area (Å²) in [7, 11) is 0. The molecule has 1 fully saturated rings. The van der Waals surface area contributed by atoms with Crippen LogP contribution in [0.1, 0.15) is 39.0 Å². The van der Waals surface area contributed by atoms with Gasteiger partial charge < -0.3 is 5.32 Å². The maximum atomic E-state index is 13.6. The predicted molar refractivity (Wildman–Crippen MR) is 85.5 cm³/mol. The Morgan fingerprint density at radius 3 is 2.65 bits per heavy atom. The van der Waals surface area contributed by atoms with Gasteiger partial charge in [0.15, 0.2) is 0 Å². The summed E-state index contributed by atoms with van der Waals surface area (Å²) in [5.74, 6) is -0.421. The van der Waals surface area contributed by atoms with Crippen molar-refractivity contribution in [2.45, 2.75) is 39.0 Å². The van der Waals surface area contributed by atoms with E-state index in [9.17, 15) is 14.5 Å². The number of hydrogen-bond donors (Lipinski definition) is 1. The van der Waals surface area contributed by atoms with E-state index in [4.69, 9.17) is 0 Å². The Hall–Kier alpha value is -0.920. The van der Waals surface area contributed by atoms with Gasteiger partial charge in [-0.15, -0.1) is 0 Å². The van der Waals surface area contributed by atoms with Crippen LogP contribution in [0.2, 0.25) is 0 Å². The van der Waals surface area contributed by atoms with E-state index in [1.165, 1.54) is 25.0 Å². The molecule has 0 heterocycles. The Kier molecular flexibility index (Phi) is 4.82. The highest BCUT2D eigenvalue weighted by Crippen LogP contribution is 2.41. The van der Waals surface area contributed by atoms with Crippen molar-refractivity contribution in [2.24, 2.45) is 5.41 Å². The summed E-state index contributed by atoms with van der Waals surface area (Å²) in [6, 6.07) is 2.52. The van der Waals surface area contributed by atoms with Gasteiger partial charge >= 0.3 is 0 Å². The number of halogens is 2. The molecule has 0 saturated heterocycles. The van der Waals surface area contributed by atoms with Crippen molar-refractivity contribution in [1.29, 1.82) is 0 Å². The molecule has 1 aliphatic rings. The molecule has 1 aromatic rings. The molecule has 20 heavy (non-hydrogen) atoms. The quantitative estimate of drug-likeness (QED) is 0.448. The number of nitro groups is 1. The molecule has 0 aliphatic heterocycles. The zero-order valence-corrected chi connectivity index (χ0v) is 13.6. The molecule has 0 amide bonds. The summed E-state index contributed by atoms with van der Waals surface area (Å²) in [6.07, 6.45) is 5.73. The number of rotatable bonds is 5. The minimum Gasteiger partial charge on any atom is -0.379 e. The standard InChI is InChI=1S/C14H18FIN2O2/c1-2-14(5-3-4-6-14)9-17-12-7-10(15)11(16)8-13(12)18(19)20/h7-8,17H,2-6,9H2,1H3. The molecule has 1 saturated carbocycles. The van der Waals surface area contributed by atoms with E-state index in [0.29, 0.717) is 6.54 Å². The van der Waals surface area contributed by atoms with E-state index in [1.807, 2.05) is 0 Å². The van der Waals surface area contributed by atoms with E-state index < -0.39 is 10.7 Å². The predicted octanol–water partition coefficient (Wildman–Crippen LogP) is 4.72. The van der Waals surface area contributed by atoms with Gasteiger partial charge in [0.05, 0.1) is 8.49 Å². The first kappa shape index (κ1) is 15.5. The van der Waals surface area contributed by atoms with Crippen molar-refractivity contribution in [3.63, 3.8) is 0 Å². The first-order valence-electron chi connectivity index (χ1n) is 6.85. The summed E-state index contributed by atoms with van der Waals surface area (Å²) >= 11 is 1.77. The summed E-state index contributed by atoms with van der Waals surface area (Å²) in [4.78, 5) is 10.6. The molecule has 6 heteroatoms. The Morgan fingerprint density at radius 2 is 2.10 bits per heavy atom. The first-order valence-corrected chi connectivity index (χ1v) is 7.93. The summed E-state index contributed by atoms with van der Waals surface area (Å²) in [5, 5.41) is 14.2. The maximum absolute atomic E-state index is 13.6. The van der Waals surface area contributed by atoms with Crippen LogP contribution in [0.25, 0.3) is 0 Å². The third-order valence-corrected chi connectivity index (χ3v) is 5.13. The van der Waals surface area contributed by atoms with Gasteiger partial charge in [0.2, 0.25) is 0 Å². The van der Waals surface area contributed by atoms with Crippen LogP contribution in [-0.2, 0) is 0 Å². The number of anilines is 1. The molecule has 2 rings (SSSR count). The van der Waals surface area contributed by atoms with Crippen LogP contribution >= 0.6 is 22.6 Å². The van der Waals surface area contributed by atoms with Gasteiger partial charge in [0.25, 0.3) is 5.69 Å².